The van der Waals surface area contributed by atoms with E-state index in [4.69, 9.17) is 20.8 Å². The van der Waals surface area contributed by atoms with Gasteiger partial charge in [0.05, 0.1) is 6.54 Å². The third-order valence-corrected chi connectivity index (χ3v) is 5.08. The minimum atomic E-state index is -0.447. The Hall–Kier alpha value is -3.58. The predicted molar refractivity (Wildman–Crippen MR) is 120 cm³/mol. The van der Waals surface area contributed by atoms with Crippen molar-refractivity contribution in [3.63, 3.8) is 0 Å². The number of nitrogens with one attached hydrogen (secondary N) is 1. The van der Waals surface area contributed by atoms with Crippen LogP contribution >= 0.6 is 11.6 Å². The first-order valence-corrected chi connectivity index (χ1v) is 10.3. The van der Waals surface area contributed by atoms with Gasteiger partial charge in [-0.3, -0.25) is 9.48 Å². The van der Waals surface area contributed by atoms with E-state index in [1.54, 1.807) is 36.5 Å². The Morgan fingerprint density at radius 2 is 1.94 bits per heavy atom. The van der Waals surface area contributed by atoms with Crippen LogP contribution in [-0.4, -0.2) is 15.7 Å². The van der Waals surface area contributed by atoms with Crippen LogP contribution in [0.15, 0.2) is 65.2 Å². The number of hydrogen-bond acceptors (Lipinski definition) is 4. The fourth-order valence-electron chi connectivity index (χ4n) is 3.29. The van der Waals surface area contributed by atoms with Gasteiger partial charge in [-0.25, -0.2) is 4.39 Å². The maximum Gasteiger partial charge on any atom is 0.292 e. The third-order valence-electron chi connectivity index (χ3n) is 4.73. The van der Waals surface area contributed by atoms with Gasteiger partial charge in [0.2, 0.25) is 0 Å². The molecule has 0 fully saturated rings. The van der Waals surface area contributed by atoms with E-state index in [2.05, 4.69) is 16.5 Å². The van der Waals surface area contributed by atoms with Gasteiger partial charge in [-0.15, -0.1) is 0 Å². The maximum atomic E-state index is 14.0. The summed E-state index contributed by atoms with van der Waals surface area (Å²) in [7, 11) is 0. The molecule has 0 radical (unpaired) electrons. The molecule has 6 nitrogen and oxygen atoms in total. The van der Waals surface area contributed by atoms with Crippen LogP contribution in [0, 0.1) is 19.7 Å². The molecule has 4 rings (SSSR count). The van der Waals surface area contributed by atoms with Gasteiger partial charge in [0, 0.05) is 22.8 Å². The molecule has 8 heteroatoms. The Kier molecular flexibility index (Phi) is 6.28. The first kappa shape index (κ1) is 21.6. The predicted octanol–water partition coefficient (Wildman–Crippen LogP) is 5.77. The number of rotatable bonds is 7. The lowest BCUT2D eigenvalue weighted by atomic mass is 10.1. The van der Waals surface area contributed by atoms with Crippen LogP contribution in [0.4, 0.5) is 10.2 Å². The van der Waals surface area contributed by atoms with Crippen molar-refractivity contribution in [2.45, 2.75) is 27.0 Å². The van der Waals surface area contributed by atoms with Crippen molar-refractivity contribution in [1.82, 2.24) is 9.78 Å². The van der Waals surface area contributed by atoms with Crippen molar-refractivity contribution in [2.24, 2.45) is 0 Å². The summed E-state index contributed by atoms with van der Waals surface area (Å²) in [5, 5.41) is 7.23. The summed E-state index contributed by atoms with van der Waals surface area (Å²) in [5.41, 5.74) is 2.54. The average Bonchev–Trinajstić information content (AvgIpc) is 3.38. The Labute approximate surface area is 189 Å². The second-order valence-corrected chi connectivity index (χ2v) is 7.84. The van der Waals surface area contributed by atoms with Crippen LogP contribution < -0.4 is 10.1 Å². The highest BCUT2D eigenvalue weighted by atomic mass is 35.5. The first-order chi connectivity index (χ1) is 15.4. The highest BCUT2D eigenvalue weighted by Gasteiger charge is 2.14. The quantitative estimate of drug-likeness (QED) is 0.386. The van der Waals surface area contributed by atoms with Gasteiger partial charge in [0.1, 0.15) is 23.9 Å². The molecule has 0 aliphatic rings. The van der Waals surface area contributed by atoms with Gasteiger partial charge in [-0.05, 0) is 61.4 Å². The van der Waals surface area contributed by atoms with E-state index >= 15 is 0 Å². The number of aryl methyl sites for hydroxylation is 2. The summed E-state index contributed by atoms with van der Waals surface area (Å²) in [4.78, 5) is 12.5. The number of ether oxygens (including phenoxy) is 1. The lowest BCUT2D eigenvalue weighted by Crippen LogP contribution is -2.12. The number of benzene rings is 2. The molecule has 0 aliphatic carbocycles. The van der Waals surface area contributed by atoms with Crippen LogP contribution in [-0.2, 0) is 13.2 Å². The van der Waals surface area contributed by atoms with Gasteiger partial charge in [-0.2, -0.15) is 5.10 Å². The van der Waals surface area contributed by atoms with E-state index in [9.17, 15) is 9.18 Å². The van der Waals surface area contributed by atoms with Crippen molar-refractivity contribution in [2.75, 3.05) is 5.32 Å². The highest BCUT2D eigenvalue weighted by Crippen LogP contribution is 2.21. The van der Waals surface area contributed by atoms with E-state index in [-0.39, 0.29) is 18.9 Å². The lowest BCUT2D eigenvalue weighted by molar-refractivity contribution is 0.0992. The summed E-state index contributed by atoms with van der Waals surface area (Å²) in [6.07, 6.45) is 1.63. The second kappa shape index (κ2) is 9.28. The smallest absolute Gasteiger partial charge is 0.292 e. The number of hydrogen-bond donors (Lipinski definition) is 1. The van der Waals surface area contributed by atoms with Crippen molar-refractivity contribution in [1.29, 1.82) is 0 Å². The van der Waals surface area contributed by atoms with Gasteiger partial charge in [0.15, 0.2) is 11.6 Å². The fraction of sp³-hybridized carbons (Fsp3) is 0.167. The molecule has 4 aromatic rings. The number of carbonyl (C=O) groups excluding carboxylic acids is 1. The van der Waals surface area contributed by atoms with Gasteiger partial charge >= 0.3 is 0 Å². The number of furan rings is 1. The van der Waals surface area contributed by atoms with Gasteiger partial charge < -0.3 is 14.5 Å². The van der Waals surface area contributed by atoms with E-state index in [0.717, 1.165) is 16.9 Å². The summed E-state index contributed by atoms with van der Waals surface area (Å²) >= 11 is 6.06. The molecular formula is C24H21ClFN3O3. The van der Waals surface area contributed by atoms with Crippen LogP contribution in [0.2, 0.25) is 5.02 Å². The highest BCUT2D eigenvalue weighted by molar-refractivity contribution is 6.31. The molecule has 0 aliphatic heterocycles. The van der Waals surface area contributed by atoms with Crippen LogP contribution in [0.5, 0.6) is 5.75 Å². The Balaban J connectivity index is 1.36. The zero-order valence-corrected chi connectivity index (χ0v) is 18.3. The van der Waals surface area contributed by atoms with Gasteiger partial charge in [0.25, 0.3) is 5.91 Å². The molecule has 2 heterocycles. The molecule has 0 saturated carbocycles. The Morgan fingerprint density at radius 3 is 2.69 bits per heavy atom. The van der Waals surface area contributed by atoms with Crippen molar-refractivity contribution >= 4 is 23.3 Å². The first-order valence-electron chi connectivity index (χ1n) is 9.95. The maximum absolute atomic E-state index is 14.0. The molecular weight excluding hydrogens is 433 g/mol. The lowest BCUT2D eigenvalue weighted by Gasteiger charge is -2.06. The average molecular weight is 454 g/mol. The minimum Gasteiger partial charge on any atom is -0.486 e. The number of anilines is 1. The summed E-state index contributed by atoms with van der Waals surface area (Å²) in [5.74, 6) is 0.851. The molecule has 0 spiro atoms. The van der Waals surface area contributed by atoms with E-state index in [1.807, 2.05) is 26.0 Å². The van der Waals surface area contributed by atoms with Crippen molar-refractivity contribution in [3.05, 3.63) is 99.8 Å². The zero-order chi connectivity index (χ0) is 22.7. The molecule has 164 valence electrons. The third kappa shape index (κ3) is 5.18. The Bertz CT molecular complexity index is 1220. The van der Waals surface area contributed by atoms with E-state index in [1.165, 1.54) is 10.7 Å². The largest absolute Gasteiger partial charge is 0.486 e. The van der Waals surface area contributed by atoms with Crippen LogP contribution in [0.3, 0.4) is 0 Å². The van der Waals surface area contributed by atoms with Crippen LogP contribution in [0.25, 0.3) is 0 Å². The second-order valence-electron chi connectivity index (χ2n) is 7.43. The molecule has 0 saturated heterocycles. The molecule has 32 heavy (non-hydrogen) atoms. The number of amides is 1. The molecule has 1 N–H and O–H groups in total. The fourth-order valence-corrected chi connectivity index (χ4v) is 3.51. The normalized spacial score (nSPS) is 10.9. The van der Waals surface area contributed by atoms with Crippen molar-refractivity contribution < 1.29 is 18.3 Å². The minimum absolute atomic E-state index is 0.135. The number of carbonyl (C=O) groups is 1. The summed E-state index contributed by atoms with van der Waals surface area (Å²) < 4.78 is 26.8. The van der Waals surface area contributed by atoms with E-state index in [0.29, 0.717) is 22.2 Å². The topological polar surface area (TPSA) is 69.3 Å². The number of halogens is 2. The number of aromatic nitrogens is 2. The summed E-state index contributed by atoms with van der Waals surface area (Å²) in [6, 6.07) is 15.3. The molecule has 2 aromatic heterocycles. The van der Waals surface area contributed by atoms with Crippen LogP contribution in [0.1, 0.15) is 33.0 Å². The molecule has 0 bridgehead atoms. The monoisotopic (exact) mass is 453 g/mol. The SMILES string of the molecule is Cc1cc(C)cc(OCc2ccc(C(=O)Nc3ccn(Cc4c(F)cccc4Cl)n3)o2)c1. The standard InChI is InChI=1S/C24H21ClFN3O3/c1-15-10-16(2)12-18(11-15)31-14-17-6-7-22(32-17)24(30)27-23-8-9-29(28-23)13-19-20(25)4-3-5-21(19)26/h3-12H,13-14H2,1-2H3,(H,27,28,30). The van der Waals surface area contributed by atoms with Gasteiger partial charge in [-0.1, -0.05) is 23.7 Å². The Morgan fingerprint density at radius 1 is 1.16 bits per heavy atom. The molecule has 1 amide bonds. The number of nitrogens with zero attached hydrogens (tertiary/aromatic N) is 2. The van der Waals surface area contributed by atoms with E-state index < -0.39 is 11.7 Å². The summed E-state index contributed by atoms with van der Waals surface area (Å²) in [6.45, 7) is 4.35. The zero-order valence-electron chi connectivity index (χ0n) is 17.6. The molecule has 2 aromatic carbocycles. The molecule has 0 unspecified atom stereocenters. The van der Waals surface area contributed by atoms with Crippen molar-refractivity contribution in [3.8, 4) is 5.75 Å². The molecule has 0 atom stereocenters.